The van der Waals surface area contributed by atoms with E-state index in [-0.39, 0.29) is 0 Å². The number of carbonyl (C=O) groups is 1. The van der Waals surface area contributed by atoms with E-state index in [4.69, 9.17) is 0 Å². The zero-order chi connectivity index (χ0) is 11.7. The summed E-state index contributed by atoms with van der Waals surface area (Å²) in [5, 5.41) is 9.22. The predicted molar refractivity (Wildman–Crippen MR) is 59.7 cm³/mol. The van der Waals surface area contributed by atoms with Crippen molar-refractivity contribution in [2.24, 2.45) is 0 Å². The number of aromatic carboxylic acids is 1. The van der Waals surface area contributed by atoms with E-state index in [1.54, 1.807) is 6.92 Å². The standard InChI is InChI=1S/C12H16N2O2/c1-7-10(12(15)16)11(14-8(2)13-7)9-5-3-4-6-9/h9H,3-6H2,1-2H3,(H,15,16). The van der Waals surface area contributed by atoms with E-state index < -0.39 is 5.97 Å². The Bertz CT molecular complexity index is 423. The fourth-order valence-electron chi connectivity index (χ4n) is 2.50. The molecule has 0 unspecified atom stereocenters. The zero-order valence-electron chi connectivity index (χ0n) is 9.66. The van der Waals surface area contributed by atoms with Crippen LogP contribution in [0.25, 0.3) is 0 Å². The molecule has 0 radical (unpaired) electrons. The minimum atomic E-state index is -0.903. The van der Waals surface area contributed by atoms with Crippen LogP contribution in [0, 0.1) is 13.8 Å². The number of hydrogen-bond acceptors (Lipinski definition) is 3. The summed E-state index contributed by atoms with van der Waals surface area (Å²) in [5.74, 6) is 0.0790. The highest BCUT2D eigenvalue weighted by Gasteiger charge is 2.26. The molecule has 1 saturated carbocycles. The first-order valence-corrected chi connectivity index (χ1v) is 5.68. The Morgan fingerprint density at radius 1 is 1.25 bits per heavy atom. The summed E-state index contributed by atoms with van der Waals surface area (Å²) in [6.45, 7) is 3.56. The van der Waals surface area contributed by atoms with Crippen molar-refractivity contribution in [3.63, 3.8) is 0 Å². The van der Waals surface area contributed by atoms with Crippen molar-refractivity contribution in [3.05, 3.63) is 22.8 Å². The van der Waals surface area contributed by atoms with Gasteiger partial charge < -0.3 is 5.11 Å². The van der Waals surface area contributed by atoms with Gasteiger partial charge in [0, 0.05) is 5.92 Å². The molecular weight excluding hydrogens is 204 g/mol. The summed E-state index contributed by atoms with van der Waals surface area (Å²) >= 11 is 0. The van der Waals surface area contributed by atoms with Crippen LogP contribution < -0.4 is 0 Å². The van der Waals surface area contributed by atoms with Gasteiger partial charge in [0.2, 0.25) is 0 Å². The lowest BCUT2D eigenvalue weighted by atomic mass is 9.97. The van der Waals surface area contributed by atoms with Crippen LogP contribution in [0.15, 0.2) is 0 Å². The Labute approximate surface area is 94.7 Å². The molecule has 16 heavy (non-hydrogen) atoms. The lowest BCUT2D eigenvalue weighted by Crippen LogP contribution is -2.13. The lowest BCUT2D eigenvalue weighted by molar-refractivity contribution is 0.0693. The summed E-state index contributed by atoms with van der Waals surface area (Å²) in [7, 11) is 0. The molecule has 4 nitrogen and oxygen atoms in total. The van der Waals surface area contributed by atoms with Crippen LogP contribution >= 0.6 is 0 Å². The van der Waals surface area contributed by atoms with Gasteiger partial charge in [-0.05, 0) is 26.7 Å². The maximum absolute atomic E-state index is 11.2. The third-order valence-corrected chi connectivity index (χ3v) is 3.19. The number of carboxylic acids is 1. The van der Waals surface area contributed by atoms with Crippen molar-refractivity contribution in [2.45, 2.75) is 45.4 Å². The second kappa shape index (κ2) is 4.20. The highest BCUT2D eigenvalue weighted by atomic mass is 16.4. The van der Waals surface area contributed by atoms with E-state index in [9.17, 15) is 9.90 Å². The average molecular weight is 220 g/mol. The van der Waals surface area contributed by atoms with Crippen LogP contribution in [0.3, 0.4) is 0 Å². The van der Waals surface area contributed by atoms with Crippen LogP contribution in [-0.2, 0) is 0 Å². The fraction of sp³-hybridized carbons (Fsp3) is 0.583. The summed E-state index contributed by atoms with van der Waals surface area (Å²) < 4.78 is 0. The van der Waals surface area contributed by atoms with Gasteiger partial charge in [-0.25, -0.2) is 14.8 Å². The normalized spacial score (nSPS) is 16.6. The quantitative estimate of drug-likeness (QED) is 0.831. The fourth-order valence-corrected chi connectivity index (χ4v) is 2.50. The van der Waals surface area contributed by atoms with Crippen LogP contribution in [-0.4, -0.2) is 21.0 Å². The van der Waals surface area contributed by atoms with Crippen molar-refractivity contribution in [2.75, 3.05) is 0 Å². The molecule has 0 aliphatic heterocycles. The Balaban J connectivity index is 2.52. The molecule has 1 heterocycles. The first-order chi connectivity index (χ1) is 7.59. The maximum Gasteiger partial charge on any atom is 0.339 e. The summed E-state index contributed by atoms with van der Waals surface area (Å²) in [6, 6.07) is 0. The van der Waals surface area contributed by atoms with E-state index in [1.807, 2.05) is 6.92 Å². The largest absolute Gasteiger partial charge is 0.478 e. The van der Waals surface area contributed by atoms with Crippen LogP contribution in [0.5, 0.6) is 0 Å². The van der Waals surface area contributed by atoms with Crippen molar-refractivity contribution in [1.29, 1.82) is 0 Å². The molecule has 0 amide bonds. The molecule has 1 aromatic rings. The first kappa shape index (κ1) is 11.0. The highest BCUT2D eigenvalue weighted by Crippen LogP contribution is 2.35. The molecule has 0 saturated heterocycles. The molecule has 1 N–H and O–H groups in total. The highest BCUT2D eigenvalue weighted by molar-refractivity contribution is 5.90. The van der Waals surface area contributed by atoms with Crippen LogP contribution in [0.1, 0.15) is 59.2 Å². The number of aromatic nitrogens is 2. The zero-order valence-corrected chi connectivity index (χ0v) is 9.66. The topological polar surface area (TPSA) is 63.1 Å². The SMILES string of the molecule is Cc1nc(C)c(C(=O)O)c(C2CCCC2)n1. The van der Waals surface area contributed by atoms with Crippen molar-refractivity contribution in [3.8, 4) is 0 Å². The van der Waals surface area contributed by atoms with Gasteiger partial charge >= 0.3 is 5.97 Å². The van der Waals surface area contributed by atoms with E-state index in [1.165, 1.54) is 12.8 Å². The first-order valence-electron chi connectivity index (χ1n) is 5.68. The Morgan fingerprint density at radius 2 is 1.88 bits per heavy atom. The van der Waals surface area contributed by atoms with Gasteiger partial charge in [-0.15, -0.1) is 0 Å². The number of nitrogens with zero attached hydrogens (tertiary/aromatic N) is 2. The monoisotopic (exact) mass is 220 g/mol. The molecule has 1 fully saturated rings. The second-order valence-corrected chi connectivity index (χ2v) is 4.40. The summed E-state index contributed by atoms with van der Waals surface area (Å²) in [6.07, 6.45) is 4.45. The molecule has 1 aromatic heterocycles. The van der Waals surface area contributed by atoms with Gasteiger partial charge in [0.1, 0.15) is 11.4 Å². The molecule has 0 bridgehead atoms. The third kappa shape index (κ3) is 1.92. The summed E-state index contributed by atoms with van der Waals surface area (Å²) in [4.78, 5) is 19.7. The molecule has 0 aromatic carbocycles. The Morgan fingerprint density at radius 3 is 2.44 bits per heavy atom. The maximum atomic E-state index is 11.2. The molecule has 1 aliphatic rings. The van der Waals surface area contributed by atoms with Gasteiger partial charge in [0.15, 0.2) is 0 Å². The Kier molecular flexibility index (Phi) is 2.90. The Hall–Kier alpha value is -1.45. The van der Waals surface area contributed by atoms with Gasteiger partial charge in [0.05, 0.1) is 11.4 Å². The van der Waals surface area contributed by atoms with Gasteiger partial charge in [-0.1, -0.05) is 12.8 Å². The molecule has 0 spiro atoms. The lowest BCUT2D eigenvalue weighted by Gasteiger charge is -2.13. The second-order valence-electron chi connectivity index (χ2n) is 4.40. The van der Waals surface area contributed by atoms with Crippen molar-refractivity contribution < 1.29 is 9.90 Å². The number of rotatable bonds is 2. The summed E-state index contributed by atoms with van der Waals surface area (Å²) in [5.41, 5.74) is 1.65. The van der Waals surface area contributed by atoms with Crippen molar-refractivity contribution >= 4 is 5.97 Å². The van der Waals surface area contributed by atoms with Crippen molar-refractivity contribution in [1.82, 2.24) is 9.97 Å². The van der Waals surface area contributed by atoms with Crippen LogP contribution in [0.2, 0.25) is 0 Å². The number of aryl methyl sites for hydroxylation is 2. The van der Waals surface area contributed by atoms with Gasteiger partial charge in [-0.2, -0.15) is 0 Å². The van der Waals surface area contributed by atoms with E-state index >= 15 is 0 Å². The average Bonchev–Trinajstić information content (AvgIpc) is 2.67. The van der Waals surface area contributed by atoms with E-state index in [0.717, 1.165) is 18.5 Å². The van der Waals surface area contributed by atoms with E-state index in [0.29, 0.717) is 23.0 Å². The predicted octanol–water partition coefficient (Wildman–Crippen LogP) is 2.45. The molecule has 4 heteroatoms. The van der Waals surface area contributed by atoms with Crippen LogP contribution in [0.4, 0.5) is 0 Å². The molecule has 1 aliphatic carbocycles. The number of hydrogen-bond donors (Lipinski definition) is 1. The number of carboxylic acid groups (broad SMARTS) is 1. The van der Waals surface area contributed by atoms with Gasteiger partial charge in [-0.3, -0.25) is 0 Å². The smallest absolute Gasteiger partial charge is 0.339 e. The minimum Gasteiger partial charge on any atom is -0.478 e. The van der Waals surface area contributed by atoms with Gasteiger partial charge in [0.25, 0.3) is 0 Å². The molecule has 86 valence electrons. The third-order valence-electron chi connectivity index (χ3n) is 3.19. The molecule has 0 atom stereocenters. The molecule has 2 rings (SSSR count). The van der Waals surface area contributed by atoms with E-state index in [2.05, 4.69) is 9.97 Å². The minimum absolute atomic E-state index is 0.312. The molecular formula is C12H16N2O2.